The Balaban J connectivity index is 2.11. The van der Waals surface area contributed by atoms with E-state index in [0.717, 1.165) is 19.3 Å². The van der Waals surface area contributed by atoms with Crippen LogP contribution in [0.1, 0.15) is 31.1 Å². The van der Waals surface area contributed by atoms with E-state index in [1.807, 2.05) is 12.1 Å². The molecular formula is C16H21NO3S. The van der Waals surface area contributed by atoms with E-state index < -0.39 is 10.0 Å². The van der Waals surface area contributed by atoms with Crippen LogP contribution in [0.25, 0.3) is 0 Å². The van der Waals surface area contributed by atoms with Crippen molar-refractivity contribution >= 4 is 10.0 Å². The average Bonchev–Trinajstić information content (AvgIpc) is 2.98. The van der Waals surface area contributed by atoms with E-state index in [-0.39, 0.29) is 6.54 Å². The zero-order valence-electron chi connectivity index (χ0n) is 12.5. The second-order valence-electron chi connectivity index (χ2n) is 5.09. The first-order chi connectivity index (χ1) is 10.0. The second kappa shape index (κ2) is 6.91. The molecule has 0 saturated heterocycles. The molecule has 0 unspecified atom stereocenters. The maximum atomic E-state index is 12.5. The van der Waals surface area contributed by atoms with Crippen molar-refractivity contribution in [2.45, 2.75) is 37.6 Å². The summed E-state index contributed by atoms with van der Waals surface area (Å²) in [6.07, 6.45) is 4.77. The zero-order chi connectivity index (χ0) is 15.3. The highest BCUT2D eigenvalue weighted by molar-refractivity contribution is 7.89. The fourth-order valence-electron chi connectivity index (χ4n) is 2.10. The topological polar surface area (TPSA) is 50.5 Å². The van der Waals surface area contributed by atoms with Crippen molar-refractivity contribution in [3.63, 3.8) is 0 Å². The number of aryl methyl sites for hydroxylation is 1. The summed E-state index contributed by atoms with van der Waals surface area (Å²) in [5.74, 6) is 0.626. The minimum absolute atomic E-state index is 0.229. The van der Waals surface area contributed by atoms with Crippen molar-refractivity contribution in [2.75, 3.05) is 7.05 Å². The maximum absolute atomic E-state index is 12.5. The molecule has 1 aromatic carbocycles. The quantitative estimate of drug-likeness (QED) is 0.787. The first-order valence-corrected chi connectivity index (χ1v) is 8.55. The maximum Gasteiger partial charge on any atom is 0.243 e. The Kier molecular flexibility index (Phi) is 5.20. The van der Waals surface area contributed by atoms with E-state index in [4.69, 9.17) is 4.42 Å². The van der Waals surface area contributed by atoms with E-state index in [0.29, 0.717) is 10.7 Å². The van der Waals surface area contributed by atoms with Crippen molar-refractivity contribution < 1.29 is 12.8 Å². The van der Waals surface area contributed by atoms with E-state index in [9.17, 15) is 8.42 Å². The Bertz CT molecular complexity index is 645. The lowest BCUT2D eigenvalue weighted by atomic mass is 10.1. The number of sulfonamides is 1. The largest absolute Gasteiger partial charge is 0.468 e. The van der Waals surface area contributed by atoms with Crippen LogP contribution >= 0.6 is 0 Å². The molecule has 0 amide bonds. The summed E-state index contributed by atoms with van der Waals surface area (Å²) in [7, 11) is -1.92. The van der Waals surface area contributed by atoms with Gasteiger partial charge in [-0.25, -0.2) is 8.42 Å². The molecule has 0 radical (unpaired) electrons. The molecule has 0 N–H and O–H groups in total. The molecule has 0 bridgehead atoms. The van der Waals surface area contributed by atoms with Gasteiger partial charge in [0.25, 0.3) is 0 Å². The second-order valence-corrected chi connectivity index (χ2v) is 7.13. The van der Waals surface area contributed by atoms with Crippen LogP contribution in [0.3, 0.4) is 0 Å². The van der Waals surface area contributed by atoms with Gasteiger partial charge in [0.2, 0.25) is 10.0 Å². The molecule has 21 heavy (non-hydrogen) atoms. The highest BCUT2D eigenvalue weighted by Crippen LogP contribution is 2.18. The van der Waals surface area contributed by atoms with Crippen LogP contribution in [0, 0.1) is 0 Å². The standard InChI is InChI=1S/C16H21NO3S/c1-3-4-6-14-8-10-16(11-9-14)21(18,19)17(2)13-15-7-5-12-20-15/h5,7-12H,3-4,6,13H2,1-2H3. The van der Waals surface area contributed by atoms with Gasteiger partial charge in [0.05, 0.1) is 17.7 Å². The fraction of sp³-hybridized carbons (Fsp3) is 0.375. The van der Waals surface area contributed by atoms with Gasteiger partial charge in [-0.3, -0.25) is 0 Å². The van der Waals surface area contributed by atoms with Crippen LogP contribution in [-0.2, 0) is 23.0 Å². The highest BCUT2D eigenvalue weighted by atomic mass is 32.2. The number of hydrogen-bond donors (Lipinski definition) is 0. The molecule has 0 aliphatic rings. The van der Waals surface area contributed by atoms with E-state index >= 15 is 0 Å². The molecule has 0 aliphatic heterocycles. The van der Waals surface area contributed by atoms with Crippen LogP contribution in [0.5, 0.6) is 0 Å². The first kappa shape index (κ1) is 15.8. The lowest BCUT2D eigenvalue weighted by molar-refractivity contribution is 0.406. The Morgan fingerprint density at radius 3 is 2.43 bits per heavy atom. The van der Waals surface area contributed by atoms with Crippen molar-refractivity contribution in [1.29, 1.82) is 0 Å². The highest BCUT2D eigenvalue weighted by Gasteiger charge is 2.21. The molecule has 0 aliphatic carbocycles. The molecule has 2 rings (SSSR count). The summed E-state index contributed by atoms with van der Waals surface area (Å²) in [4.78, 5) is 0.316. The van der Waals surface area contributed by atoms with Gasteiger partial charge in [-0.05, 0) is 42.7 Å². The number of furan rings is 1. The normalized spacial score (nSPS) is 12.0. The van der Waals surface area contributed by atoms with Crippen molar-refractivity contribution in [3.05, 3.63) is 54.0 Å². The lowest BCUT2D eigenvalue weighted by Gasteiger charge is -2.16. The number of unbranched alkanes of at least 4 members (excludes halogenated alkanes) is 1. The van der Waals surface area contributed by atoms with Crippen LogP contribution in [0.4, 0.5) is 0 Å². The number of nitrogens with zero attached hydrogens (tertiary/aromatic N) is 1. The first-order valence-electron chi connectivity index (χ1n) is 7.11. The molecule has 114 valence electrons. The number of rotatable bonds is 7. The molecule has 2 aromatic rings. The summed E-state index contributed by atoms with van der Waals surface area (Å²) >= 11 is 0. The van der Waals surface area contributed by atoms with Crippen LogP contribution in [-0.4, -0.2) is 19.8 Å². The molecule has 0 saturated carbocycles. The van der Waals surface area contributed by atoms with Crippen LogP contribution in [0.2, 0.25) is 0 Å². The number of hydrogen-bond acceptors (Lipinski definition) is 3. The predicted octanol–water partition coefficient (Wildman–Crippen LogP) is 3.44. The van der Waals surface area contributed by atoms with Gasteiger partial charge >= 0.3 is 0 Å². The lowest BCUT2D eigenvalue weighted by Crippen LogP contribution is -2.26. The molecule has 0 fully saturated rings. The van der Waals surface area contributed by atoms with Crippen molar-refractivity contribution in [1.82, 2.24) is 4.31 Å². The van der Waals surface area contributed by atoms with E-state index in [2.05, 4.69) is 6.92 Å². The molecule has 1 aromatic heterocycles. The van der Waals surface area contributed by atoms with Gasteiger partial charge in [0.1, 0.15) is 5.76 Å². The zero-order valence-corrected chi connectivity index (χ0v) is 13.3. The fourth-order valence-corrected chi connectivity index (χ4v) is 3.23. The van der Waals surface area contributed by atoms with Crippen LogP contribution < -0.4 is 0 Å². The Morgan fingerprint density at radius 1 is 1.14 bits per heavy atom. The van der Waals surface area contributed by atoms with E-state index in [1.165, 1.54) is 16.1 Å². The third-order valence-electron chi connectivity index (χ3n) is 3.41. The van der Waals surface area contributed by atoms with Gasteiger partial charge in [0, 0.05) is 7.05 Å². The third-order valence-corrected chi connectivity index (χ3v) is 5.23. The third kappa shape index (κ3) is 3.95. The van der Waals surface area contributed by atoms with Crippen molar-refractivity contribution in [2.24, 2.45) is 0 Å². The molecule has 4 nitrogen and oxygen atoms in total. The van der Waals surface area contributed by atoms with Gasteiger partial charge in [-0.15, -0.1) is 0 Å². The van der Waals surface area contributed by atoms with E-state index in [1.54, 1.807) is 31.3 Å². The molecule has 5 heteroatoms. The van der Waals surface area contributed by atoms with Gasteiger partial charge in [0.15, 0.2) is 0 Å². The monoisotopic (exact) mass is 307 g/mol. The summed E-state index contributed by atoms with van der Waals surface area (Å²) in [6, 6.07) is 10.7. The summed E-state index contributed by atoms with van der Waals surface area (Å²) in [6.45, 7) is 2.37. The predicted molar refractivity (Wildman–Crippen MR) is 82.4 cm³/mol. The summed E-state index contributed by atoms with van der Waals surface area (Å²) < 4.78 is 31.4. The van der Waals surface area contributed by atoms with Gasteiger partial charge < -0.3 is 4.42 Å². The summed E-state index contributed by atoms with van der Waals surface area (Å²) in [5, 5.41) is 0. The smallest absolute Gasteiger partial charge is 0.243 e. The summed E-state index contributed by atoms with van der Waals surface area (Å²) in [5.41, 5.74) is 1.17. The minimum Gasteiger partial charge on any atom is -0.468 e. The van der Waals surface area contributed by atoms with Gasteiger partial charge in [-0.2, -0.15) is 4.31 Å². The Hall–Kier alpha value is -1.59. The molecular weight excluding hydrogens is 286 g/mol. The van der Waals surface area contributed by atoms with Gasteiger partial charge in [-0.1, -0.05) is 25.5 Å². The minimum atomic E-state index is -3.48. The molecule has 0 atom stereocenters. The SMILES string of the molecule is CCCCc1ccc(S(=O)(=O)N(C)Cc2ccco2)cc1. The molecule has 0 spiro atoms. The Morgan fingerprint density at radius 2 is 1.86 bits per heavy atom. The van der Waals surface area contributed by atoms with Crippen molar-refractivity contribution in [3.8, 4) is 0 Å². The number of benzene rings is 1. The Labute approximate surface area is 126 Å². The average molecular weight is 307 g/mol. The molecule has 1 heterocycles. The van der Waals surface area contributed by atoms with Crippen LogP contribution in [0.15, 0.2) is 52.0 Å².